The van der Waals surface area contributed by atoms with Gasteiger partial charge in [-0.3, -0.25) is 14.9 Å². The molecule has 0 aliphatic carbocycles. The highest BCUT2D eigenvalue weighted by atomic mass is 19.1. The lowest BCUT2D eigenvalue weighted by Gasteiger charge is -2.29. The largest absolute Gasteiger partial charge is 0.376 e. The average molecular weight is 267 g/mol. The van der Waals surface area contributed by atoms with Gasteiger partial charge in [0.25, 0.3) is 5.69 Å². The van der Waals surface area contributed by atoms with Crippen molar-refractivity contribution in [2.24, 2.45) is 0 Å². The van der Waals surface area contributed by atoms with Gasteiger partial charge in [-0.1, -0.05) is 0 Å². The Labute approximate surface area is 109 Å². The van der Waals surface area contributed by atoms with E-state index in [-0.39, 0.29) is 29.7 Å². The molecular weight excluding hydrogens is 253 g/mol. The first-order chi connectivity index (χ1) is 8.97. The van der Waals surface area contributed by atoms with Crippen LogP contribution in [0.5, 0.6) is 0 Å². The normalized spacial score (nSPS) is 19.4. The molecule has 0 bridgehead atoms. The van der Waals surface area contributed by atoms with Crippen LogP contribution in [0.1, 0.15) is 12.8 Å². The van der Waals surface area contributed by atoms with Crippen LogP contribution in [0.3, 0.4) is 0 Å². The lowest BCUT2D eigenvalue weighted by atomic mass is 10.0. The molecule has 0 spiro atoms. The highest BCUT2D eigenvalue weighted by molar-refractivity contribution is 5.78. The van der Waals surface area contributed by atoms with Gasteiger partial charge in [-0.25, -0.2) is 4.39 Å². The van der Waals surface area contributed by atoms with Crippen LogP contribution in [-0.4, -0.2) is 35.4 Å². The van der Waals surface area contributed by atoms with E-state index in [1.807, 2.05) is 0 Å². The Balaban J connectivity index is 2.15. The summed E-state index contributed by atoms with van der Waals surface area (Å²) in [5.74, 6) is -0.662. The monoisotopic (exact) mass is 267 g/mol. The lowest BCUT2D eigenvalue weighted by molar-refractivity contribution is -0.384. The number of rotatable bonds is 3. The summed E-state index contributed by atoms with van der Waals surface area (Å²) in [5.41, 5.74) is -0.0693. The second kappa shape index (κ2) is 5.21. The molecule has 1 aliphatic heterocycles. The smallest absolute Gasteiger partial charge is 0.295 e. The van der Waals surface area contributed by atoms with E-state index in [1.54, 1.807) is 11.9 Å². The molecule has 1 heterocycles. The SMILES string of the molecule is CN1CCC(Nc2ccc(F)cc2[N+](=O)[O-])CC1=O. The van der Waals surface area contributed by atoms with Crippen LogP contribution in [0.4, 0.5) is 15.8 Å². The van der Waals surface area contributed by atoms with E-state index in [4.69, 9.17) is 0 Å². The Morgan fingerprint density at radius 2 is 2.26 bits per heavy atom. The van der Waals surface area contributed by atoms with Crippen molar-refractivity contribution in [2.45, 2.75) is 18.9 Å². The third-order valence-corrected chi connectivity index (χ3v) is 3.18. The van der Waals surface area contributed by atoms with Crippen LogP contribution in [0, 0.1) is 15.9 Å². The molecule has 1 atom stereocenters. The number of nitro groups is 1. The van der Waals surface area contributed by atoms with Crippen molar-refractivity contribution in [1.29, 1.82) is 0 Å². The number of benzene rings is 1. The van der Waals surface area contributed by atoms with Gasteiger partial charge in [-0.2, -0.15) is 0 Å². The van der Waals surface area contributed by atoms with E-state index in [2.05, 4.69) is 5.32 Å². The van der Waals surface area contributed by atoms with E-state index in [0.29, 0.717) is 13.0 Å². The van der Waals surface area contributed by atoms with Crippen molar-refractivity contribution in [3.8, 4) is 0 Å². The summed E-state index contributed by atoms with van der Waals surface area (Å²) in [5, 5.41) is 13.8. The van der Waals surface area contributed by atoms with E-state index in [0.717, 1.165) is 12.1 Å². The van der Waals surface area contributed by atoms with E-state index in [1.165, 1.54) is 6.07 Å². The Morgan fingerprint density at radius 3 is 2.89 bits per heavy atom. The van der Waals surface area contributed by atoms with Crippen LogP contribution in [0.2, 0.25) is 0 Å². The van der Waals surface area contributed by atoms with E-state index >= 15 is 0 Å². The van der Waals surface area contributed by atoms with E-state index in [9.17, 15) is 19.3 Å². The highest BCUT2D eigenvalue weighted by Gasteiger charge is 2.25. The average Bonchev–Trinajstić information content (AvgIpc) is 2.36. The van der Waals surface area contributed by atoms with Crippen molar-refractivity contribution in [3.05, 3.63) is 34.1 Å². The molecule has 1 aliphatic rings. The van der Waals surface area contributed by atoms with Crippen LogP contribution in [-0.2, 0) is 4.79 Å². The molecule has 1 aromatic rings. The third-order valence-electron chi connectivity index (χ3n) is 3.18. The number of hydrogen-bond donors (Lipinski definition) is 1. The second-order valence-electron chi connectivity index (χ2n) is 4.57. The molecule has 0 aromatic heterocycles. The minimum absolute atomic E-state index is 0.00600. The molecule has 0 saturated carbocycles. The molecule has 6 nitrogen and oxygen atoms in total. The number of nitrogens with one attached hydrogen (secondary N) is 1. The predicted octanol–water partition coefficient (Wildman–Crippen LogP) is 1.77. The zero-order valence-electron chi connectivity index (χ0n) is 10.4. The third kappa shape index (κ3) is 2.98. The number of carbonyl (C=O) groups is 1. The number of nitro benzene ring substituents is 1. The maximum absolute atomic E-state index is 13.0. The molecule has 102 valence electrons. The summed E-state index contributed by atoms with van der Waals surface area (Å²) < 4.78 is 13.0. The zero-order valence-corrected chi connectivity index (χ0v) is 10.4. The predicted molar refractivity (Wildman–Crippen MR) is 67.3 cm³/mol. The summed E-state index contributed by atoms with van der Waals surface area (Å²) in [6.45, 7) is 0.603. The zero-order chi connectivity index (χ0) is 14.0. The lowest BCUT2D eigenvalue weighted by Crippen LogP contribution is -2.41. The Bertz CT molecular complexity index is 521. The number of hydrogen-bond acceptors (Lipinski definition) is 4. The Morgan fingerprint density at radius 1 is 1.53 bits per heavy atom. The Hall–Kier alpha value is -2.18. The molecule has 1 unspecified atom stereocenters. The van der Waals surface area contributed by atoms with Crippen LogP contribution in [0.25, 0.3) is 0 Å². The number of carbonyl (C=O) groups excluding carboxylic acids is 1. The van der Waals surface area contributed by atoms with E-state index < -0.39 is 10.7 Å². The fraction of sp³-hybridized carbons (Fsp3) is 0.417. The Kier molecular flexibility index (Phi) is 3.64. The highest BCUT2D eigenvalue weighted by Crippen LogP contribution is 2.27. The molecule has 1 saturated heterocycles. The molecule has 1 aromatic carbocycles. The van der Waals surface area contributed by atoms with Gasteiger partial charge in [-0.05, 0) is 18.6 Å². The second-order valence-corrected chi connectivity index (χ2v) is 4.57. The molecule has 2 rings (SSSR count). The van der Waals surface area contributed by atoms with Crippen LogP contribution in [0.15, 0.2) is 18.2 Å². The maximum Gasteiger partial charge on any atom is 0.295 e. The molecule has 1 N–H and O–H groups in total. The minimum atomic E-state index is -0.656. The molecule has 1 amide bonds. The van der Waals surface area contributed by atoms with Gasteiger partial charge >= 0.3 is 0 Å². The van der Waals surface area contributed by atoms with Gasteiger partial charge in [-0.15, -0.1) is 0 Å². The van der Waals surface area contributed by atoms with Crippen LogP contribution >= 0.6 is 0 Å². The fourth-order valence-corrected chi connectivity index (χ4v) is 2.06. The quantitative estimate of drug-likeness (QED) is 0.669. The topological polar surface area (TPSA) is 75.5 Å². The minimum Gasteiger partial charge on any atom is -0.376 e. The summed E-state index contributed by atoms with van der Waals surface area (Å²) in [4.78, 5) is 23.4. The van der Waals surface area contributed by atoms with Gasteiger partial charge < -0.3 is 10.2 Å². The molecule has 19 heavy (non-hydrogen) atoms. The summed E-state index contributed by atoms with van der Waals surface area (Å²) in [6, 6.07) is 3.20. The van der Waals surface area contributed by atoms with Gasteiger partial charge in [0.1, 0.15) is 11.5 Å². The van der Waals surface area contributed by atoms with Crippen LogP contribution < -0.4 is 5.32 Å². The standard InChI is InChI=1S/C12H14FN3O3/c1-15-5-4-9(7-12(15)17)14-10-3-2-8(13)6-11(10)16(18)19/h2-3,6,9,14H,4-5,7H2,1H3. The maximum atomic E-state index is 13.0. The number of amides is 1. The number of anilines is 1. The first kappa shape index (κ1) is 13.3. The summed E-state index contributed by atoms with van der Waals surface area (Å²) >= 11 is 0. The molecule has 1 fully saturated rings. The number of piperidine rings is 1. The van der Waals surface area contributed by atoms with Gasteiger partial charge in [0.2, 0.25) is 5.91 Å². The fourth-order valence-electron chi connectivity index (χ4n) is 2.06. The number of nitrogens with zero attached hydrogens (tertiary/aromatic N) is 2. The van der Waals surface area contributed by atoms with Gasteiger partial charge in [0.15, 0.2) is 0 Å². The van der Waals surface area contributed by atoms with Gasteiger partial charge in [0, 0.05) is 26.1 Å². The van der Waals surface area contributed by atoms with Crippen molar-refractivity contribution in [3.63, 3.8) is 0 Å². The number of halogens is 1. The van der Waals surface area contributed by atoms with Crippen molar-refractivity contribution in [2.75, 3.05) is 18.9 Å². The summed E-state index contributed by atoms with van der Waals surface area (Å²) in [6.07, 6.45) is 0.988. The summed E-state index contributed by atoms with van der Waals surface area (Å²) in [7, 11) is 1.72. The van der Waals surface area contributed by atoms with Crippen molar-refractivity contribution in [1.82, 2.24) is 4.90 Å². The van der Waals surface area contributed by atoms with Crippen molar-refractivity contribution >= 4 is 17.3 Å². The molecule has 0 radical (unpaired) electrons. The molecule has 7 heteroatoms. The number of likely N-dealkylation sites (tertiary alicyclic amines) is 1. The molecular formula is C12H14FN3O3. The first-order valence-corrected chi connectivity index (χ1v) is 5.92. The van der Waals surface area contributed by atoms with Crippen molar-refractivity contribution < 1.29 is 14.1 Å². The van der Waals surface area contributed by atoms with Gasteiger partial charge in [0.05, 0.1) is 11.0 Å². The first-order valence-electron chi connectivity index (χ1n) is 5.92.